The lowest BCUT2D eigenvalue weighted by molar-refractivity contribution is -0.126. The summed E-state index contributed by atoms with van der Waals surface area (Å²) in [7, 11) is 0. The summed E-state index contributed by atoms with van der Waals surface area (Å²) in [5.74, 6) is 0.635. The molecule has 0 saturated carbocycles. The molecule has 0 saturated heterocycles. The Bertz CT molecular complexity index is 622. The number of ether oxygens (including phenoxy) is 1. The van der Waals surface area contributed by atoms with Gasteiger partial charge in [0.15, 0.2) is 5.76 Å². The van der Waals surface area contributed by atoms with Gasteiger partial charge in [0, 0.05) is 12.6 Å². The topological polar surface area (TPSA) is 67.6 Å². The molecule has 0 radical (unpaired) electrons. The molecule has 0 aliphatic carbocycles. The Morgan fingerprint density at radius 2 is 2.12 bits per heavy atom. The lowest BCUT2D eigenvalue weighted by atomic mass is 10.3. The molecule has 0 aromatic carbocycles. The number of amides is 1. The van der Waals surface area contributed by atoms with Gasteiger partial charge in [-0.3, -0.25) is 4.79 Å². The summed E-state index contributed by atoms with van der Waals surface area (Å²) in [6.45, 7) is 8.63. The van der Waals surface area contributed by atoms with Crippen molar-refractivity contribution in [3.05, 3.63) is 29.3 Å². The number of hydrogen-bond donors (Lipinski definition) is 1. The maximum Gasteiger partial charge on any atom is 0.246 e. The minimum absolute atomic E-state index is 0.0365. The van der Waals surface area contributed by atoms with E-state index in [0.29, 0.717) is 12.2 Å². The second kappa shape index (κ2) is 11.8. The average molecular weight is 380 g/mol. The Labute approximate surface area is 159 Å². The zero-order valence-electron chi connectivity index (χ0n) is 15.7. The zero-order valence-corrected chi connectivity index (χ0v) is 16.5. The van der Waals surface area contributed by atoms with Crippen LogP contribution in [0.5, 0.6) is 0 Å². The molecule has 144 valence electrons. The molecule has 0 spiro atoms. The van der Waals surface area contributed by atoms with Gasteiger partial charge >= 0.3 is 0 Å². The third-order valence-corrected chi connectivity index (χ3v) is 4.74. The van der Waals surface area contributed by atoms with Gasteiger partial charge in [0.1, 0.15) is 12.3 Å². The van der Waals surface area contributed by atoms with Crippen molar-refractivity contribution in [3.63, 3.8) is 0 Å². The molecule has 0 bridgehead atoms. The van der Waals surface area contributed by atoms with Crippen LogP contribution in [0, 0.1) is 0 Å². The Balaban J connectivity index is 1.57. The highest BCUT2D eigenvalue weighted by Crippen LogP contribution is 2.25. The van der Waals surface area contributed by atoms with Crippen LogP contribution in [-0.2, 0) is 16.1 Å². The second-order valence-electron chi connectivity index (χ2n) is 6.20. The van der Waals surface area contributed by atoms with Crippen molar-refractivity contribution in [2.45, 2.75) is 39.7 Å². The second-order valence-corrected chi connectivity index (χ2v) is 7.15. The largest absolute Gasteiger partial charge is 0.365 e. The van der Waals surface area contributed by atoms with E-state index in [1.54, 1.807) is 11.3 Å². The van der Waals surface area contributed by atoms with E-state index < -0.39 is 0 Å². The quantitative estimate of drug-likeness (QED) is 0.539. The predicted molar refractivity (Wildman–Crippen MR) is 104 cm³/mol. The smallest absolute Gasteiger partial charge is 0.246 e. The Hall–Kier alpha value is -1.70. The fraction of sp³-hybridized carbons (Fsp3) is 0.579. The summed E-state index contributed by atoms with van der Waals surface area (Å²) in [6, 6.07) is 5.79. The van der Waals surface area contributed by atoms with E-state index in [1.165, 1.54) is 0 Å². The summed E-state index contributed by atoms with van der Waals surface area (Å²) in [5.41, 5.74) is 0.691. The van der Waals surface area contributed by atoms with Gasteiger partial charge in [-0.05, 0) is 50.3 Å². The fourth-order valence-electron chi connectivity index (χ4n) is 2.71. The fourth-order valence-corrected chi connectivity index (χ4v) is 3.39. The van der Waals surface area contributed by atoms with Gasteiger partial charge in [-0.25, -0.2) is 0 Å². The monoisotopic (exact) mass is 379 g/mol. The van der Waals surface area contributed by atoms with Gasteiger partial charge in [-0.2, -0.15) is 0 Å². The standard InChI is InChI=1S/C19H29N3O3S/c1-3-9-22(10-4-2)11-6-8-20-19(23)15-24-14-16-13-17(25-21-16)18-7-5-12-26-18/h5,7,12-13H,3-4,6,8-11,14-15H2,1-2H3,(H,20,23). The van der Waals surface area contributed by atoms with Crippen LogP contribution >= 0.6 is 11.3 Å². The van der Waals surface area contributed by atoms with Gasteiger partial charge in [0.05, 0.1) is 11.5 Å². The molecular weight excluding hydrogens is 350 g/mol. The third-order valence-electron chi connectivity index (χ3n) is 3.86. The first-order valence-electron chi connectivity index (χ1n) is 9.29. The van der Waals surface area contributed by atoms with Crippen molar-refractivity contribution in [1.29, 1.82) is 0 Å². The van der Waals surface area contributed by atoms with E-state index in [2.05, 4.69) is 29.2 Å². The van der Waals surface area contributed by atoms with Crippen molar-refractivity contribution >= 4 is 17.2 Å². The number of carbonyl (C=O) groups excluding carboxylic acids is 1. The zero-order chi connectivity index (χ0) is 18.6. The number of nitrogens with zero attached hydrogens (tertiary/aromatic N) is 2. The van der Waals surface area contributed by atoms with Crippen molar-refractivity contribution in [2.24, 2.45) is 0 Å². The van der Waals surface area contributed by atoms with Crippen molar-refractivity contribution in [1.82, 2.24) is 15.4 Å². The molecule has 7 heteroatoms. The summed E-state index contributed by atoms with van der Waals surface area (Å²) < 4.78 is 10.7. The number of thiophene rings is 1. The molecule has 2 aromatic heterocycles. The lowest BCUT2D eigenvalue weighted by Crippen LogP contribution is -2.32. The maximum absolute atomic E-state index is 11.8. The van der Waals surface area contributed by atoms with Gasteiger partial charge in [0.25, 0.3) is 0 Å². The molecule has 2 heterocycles. The van der Waals surface area contributed by atoms with E-state index in [-0.39, 0.29) is 19.1 Å². The molecule has 2 aromatic rings. The van der Waals surface area contributed by atoms with Crippen LogP contribution in [0.15, 0.2) is 28.1 Å². The van der Waals surface area contributed by atoms with Crippen LogP contribution < -0.4 is 5.32 Å². The molecular formula is C19H29N3O3S. The van der Waals surface area contributed by atoms with Crippen molar-refractivity contribution < 1.29 is 14.1 Å². The van der Waals surface area contributed by atoms with Gasteiger partial charge < -0.3 is 19.5 Å². The predicted octanol–water partition coefficient (Wildman–Crippen LogP) is 3.55. The normalized spacial score (nSPS) is 11.2. The molecule has 1 N–H and O–H groups in total. The minimum atomic E-state index is -0.0930. The highest BCUT2D eigenvalue weighted by atomic mass is 32.1. The number of aromatic nitrogens is 1. The summed E-state index contributed by atoms with van der Waals surface area (Å²) in [6.07, 6.45) is 3.28. The number of rotatable bonds is 13. The van der Waals surface area contributed by atoms with Crippen LogP contribution in [0.25, 0.3) is 10.6 Å². The van der Waals surface area contributed by atoms with Gasteiger partial charge in [0.2, 0.25) is 5.91 Å². The summed E-state index contributed by atoms with van der Waals surface area (Å²) in [4.78, 5) is 15.3. The van der Waals surface area contributed by atoms with Crippen LogP contribution in [0.1, 0.15) is 38.8 Å². The minimum Gasteiger partial charge on any atom is -0.365 e. The Kier molecular flexibility index (Phi) is 9.38. The Morgan fingerprint density at radius 1 is 1.31 bits per heavy atom. The lowest BCUT2D eigenvalue weighted by Gasteiger charge is -2.20. The average Bonchev–Trinajstić information content (AvgIpc) is 3.30. The van der Waals surface area contributed by atoms with E-state index in [9.17, 15) is 4.79 Å². The summed E-state index contributed by atoms with van der Waals surface area (Å²) in [5, 5.41) is 8.86. The molecule has 1 amide bonds. The van der Waals surface area contributed by atoms with Gasteiger partial charge in [-0.1, -0.05) is 25.1 Å². The first-order chi connectivity index (χ1) is 12.7. The molecule has 2 rings (SSSR count). The first-order valence-corrected chi connectivity index (χ1v) is 10.2. The van der Waals surface area contributed by atoms with Crippen LogP contribution in [0.2, 0.25) is 0 Å². The van der Waals surface area contributed by atoms with Gasteiger partial charge in [-0.15, -0.1) is 11.3 Å². The van der Waals surface area contributed by atoms with Crippen LogP contribution in [0.3, 0.4) is 0 Å². The highest BCUT2D eigenvalue weighted by molar-refractivity contribution is 7.13. The molecule has 0 aliphatic rings. The number of carbonyl (C=O) groups is 1. The Morgan fingerprint density at radius 3 is 2.81 bits per heavy atom. The molecule has 0 aliphatic heterocycles. The molecule has 0 unspecified atom stereocenters. The van der Waals surface area contributed by atoms with Crippen LogP contribution in [0.4, 0.5) is 0 Å². The molecule has 0 fully saturated rings. The van der Waals surface area contributed by atoms with Crippen LogP contribution in [-0.4, -0.2) is 48.7 Å². The van der Waals surface area contributed by atoms with Crippen molar-refractivity contribution in [2.75, 3.05) is 32.8 Å². The maximum atomic E-state index is 11.8. The SMILES string of the molecule is CCCN(CCC)CCCNC(=O)COCc1cc(-c2cccs2)on1. The molecule has 0 atom stereocenters. The highest BCUT2D eigenvalue weighted by Gasteiger charge is 2.09. The molecule has 26 heavy (non-hydrogen) atoms. The number of hydrogen-bond acceptors (Lipinski definition) is 6. The van der Waals surface area contributed by atoms with E-state index in [1.807, 2.05) is 23.6 Å². The van der Waals surface area contributed by atoms with Crippen molar-refractivity contribution in [3.8, 4) is 10.6 Å². The van der Waals surface area contributed by atoms with E-state index in [4.69, 9.17) is 9.26 Å². The summed E-state index contributed by atoms with van der Waals surface area (Å²) >= 11 is 1.60. The third kappa shape index (κ3) is 7.27. The molecule has 6 nitrogen and oxygen atoms in total. The first kappa shape index (κ1) is 20.6. The number of nitrogens with one attached hydrogen (secondary N) is 1. The van der Waals surface area contributed by atoms with E-state index in [0.717, 1.165) is 49.5 Å². The van der Waals surface area contributed by atoms with E-state index >= 15 is 0 Å².